The Hall–Kier alpha value is 0.657. The third-order valence-corrected chi connectivity index (χ3v) is 2.04. The van der Waals surface area contributed by atoms with Gasteiger partial charge in [0.15, 0.2) is 6.16 Å². The Kier molecular flexibility index (Phi) is 7.49. The molecule has 0 aliphatic carbocycles. The van der Waals surface area contributed by atoms with Crippen molar-refractivity contribution in [2.24, 2.45) is 0 Å². The van der Waals surface area contributed by atoms with Gasteiger partial charge in [-0.3, -0.25) is 0 Å². The van der Waals surface area contributed by atoms with E-state index in [0.717, 1.165) is 5.56 Å². The van der Waals surface area contributed by atoms with Crippen LogP contribution in [0.2, 0.25) is 0 Å². The Morgan fingerprint density at radius 1 is 1.25 bits per heavy atom. The molecule has 0 aromatic heterocycles. The number of aryl methyl sites for hydroxylation is 1. The second-order valence-corrected chi connectivity index (χ2v) is 3.46. The number of rotatable bonds is 3. The number of hydrogen-bond acceptors (Lipinski definition) is 1. The Morgan fingerprint density at radius 3 is 2.33 bits per heavy atom. The smallest absolute Gasteiger partial charge is 0.161 e. The van der Waals surface area contributed by atoms with Crippen LogP contribution in [0.5, 0.6) is 0 Å². The van der Waals surface area contributed by atoms with E-state index >= 15 is 0 Å². The molecule has 1 unspecified atom stereocenters. The molecule has 1 N–H and O–H groups in total. The molecule has 0 aliphatic rings. The van der Waals surface area contributed by atoms with Crippen LogP contribution in [0, 0.1) is 41.7 Å². The van der Waals surface area contributed by atoms with Gasteiger partial charge in [-0.25, -0.2) is 0 Å². The minimum Gasteiger partial charge on any atom is -0.161 e. The fraction of sp³-hybridized carbons (Fsp3) is 0.250. The van der Waals surface area contributed by atoms with Crippen molar-refractivity contribution < 1.29 is 51.2 Å². The molecular formula is C8H10CeO2P+. The average molecular weight is 309 g/mol. The first-order chi connectivity index (χ1) is 5.29. The molecule has 0 heterocycles. The standard InChI is InChI=1S/C8H9O2P.Ce/c9-11(10)7-6-8-4-2-1-3-5-8;/h1-5H,6-7H2;/p+1. The van der Waals surface area contributed by atoms with Crippen LogP contribution in [0.1, 0.15) is 5.56 Å². The molecule has 0 amide bonds. The van der Waals surface area contributed by atoms with Crippen LogP contribution < -0.4 is 0 Å². The van der Waals surface area contributed by atoms with Crippen molar-refractivity contribution in [1.29, 1.82) is 0 Å². The summed E-state index contributed by atoms with van der Waals surface area (Å²) in [5, 5.41) is 0. The first kappa shape index (κ1) is 12.7. The van der Waals surface area contributed by atoms with Crippen LogP contribution in [0.25, 0.3) is 0 Å². The summed E-state index contributed by atoms with van der Waals surface area (Å²) in [5.74, 6) is 0. The van der Waals surface area contributed by atoms with Gasteiger partial charge in [0.1, 0.15) is 0 Å². The molecule has 0 saturated heterocycles. The molecule has 4 heteroatoms. The van der Waals surface area contributed by atoms with Crippen molar-refractivity contribution in [3.63, 3.8) is 0 Å². The molecule has 0 aliphatic heterocycles. The second-order valence-electron chi connectivity index (χ2n) is 2.31. The molecular weight excluding hydrogens is 299 g/mol. The molecule has 0 spiro atoms. The number of hydrogen-bond donors (Lipinski definition) is 1. The van der Waals surface area contributed by atoms with Gasteiger partial charge in [0, 0.05) is 48.2 Å². The minimum absolute atomic E-state index is 0. The van der Waals surface area contributed by atoms with E-state index in [1.54, 1.807) is 0 Å². The van der Waals surface area contributed by atoms with Crippen LogP contribution in [0.15, 0.2) is 30.3 Å². The summed E-state index contributed by atoms with van der Waals surface area (Å²) in [6, 6.07) is 9.71. The summed E-state index contributed by atoms with van der Waals surface area (Å²) in [4.78, 5) is 8.52. The van der Waals surface area contributed by atoms with Crippen molar-refractivity contribution in [1.82, 2.24) is 0 Å². The third kappa shape index (κ3) is 5.33. The maximum atomic E-state index is 10.3. The zero-order valence-electron chi connectivity index (χ0n) is 6.60. The van der Waals surface area contributed by atoms with Crippen LogP contribution >= 0.6 is 8.03 Å². The van der Waals surface area contributed by atoms with Crippen LogP contribution in [0.3, 0.4) is 0 Å². The Bertz CT molecular complexity index is 238. The van der Waals surface area contributed by atoms with Crippen molar-refractivity contribution >= 4 is 8.03 Å². The van der Waals surface area contributed by atoms with E-state index in [4.69, 9.17) is 4.89 Å². The van der Waals surface area contributed by atoms with E-state index in [1.165, 1.54) is 0 Å². The van der Waals surface area contributed by atoms with Crippen molar-refractivity contribution in [2.75, 3.05) is 6.16 Å². The number of benzene rings is 1. The normalized spacial score (nSPS) is 10.2. The summed E-state index contributed by atoms with van der Waals surface area (Å²) >= 11 is 0. The molecule has 1 rings (SSSR count). The average Bonchev–Trinajstić information content (AvgIpc) is 2.03. The molecule has 2 nitrogen and oxygen atoms in total. The Morgan fingerprint density at radius 2 is 1.83 bits per heavy atom. The summed E-state index contributed by atoms with van der Waals surface area (Å²) in [6.07, 6.45) is 1.05. The van der Waals surface area contributed by atoms with Gasteiger partial charge < -0.3 is 0 Å². The SMILES string of the molecule is O=[P+](O)CCc1ccccc1.[Ce]. The van der Waals surface area contributed by atoms with E-state index in [0.29, 0.717) is 12.6 Å². The van der Waals surface area contributed by atoms with E-state index in [-0.39, 0.29) is 41.7 Å². The van der Waals surface area contributed by atoms with E-state index in [2.05, 4.69) is 0 Å². The summed E-state index contributed by atoms with van der Waals surface area (Å²) in [7, 11) is -1.97. The zero-order valence-corrected chi connectivity index (χ0v) is 10.6. The fourth-order valence-electron chi connectivity index (χ4n) is 0.869. The topological polar surface area (TPSA) is 37.3 Å². The first-order valence-corrected chi connectivity index (χ1v) is 4.86. The van der Waals surface area contributed by atoms with Crippen LogP contribution in [-0.2, 0) is 11.0 Å². The fourth-order valence-corrected chi connectivity index (χ4v) is 1.32. The van der Waals surface area contributed by atoms with E-state index < -0.39 is 8.03 Å². The van der Waals surface area contributed by atoms with Crippen LogP contribution in [-0.4, -0.2) is 11.1 Å². The molecule has 1 aromatic carbocycles. The summed E-state index contributed by atoms with van der Waals surface area (Å²) in [5.41, 5.74) is 1.12. The second kappa shape index (κ2) is 7.10. The van der Waals surface area contributed by atoms with E-state index in [1.807, 2.05) is 30.3 Å². The Balaban J connectivity index is 0.00000121. The molecule has 0 fully saturated rings. The zero-order chi connectivity index (χ0) is 8.10. The minimum atomic E-state index is -1.97. The van der Waals surface area contributed by atoms with Gasteiger partial charge in [-0.15, -0.1) is 0 Å². The monoisotopic (exact) mass is 309 g/mol. The van der Waals surface area contributed by atoms with Crippen LogP contribution in [0.4, 0.5) is 0 Å². The van der Waals surface area contributed by atoms with Gasteiger partial charge in [0.2, 0.25) is 0 Å². The molecule has 62 valence electrons. The largest absolute Gasteiger partial charge is 0.505 e. The van der Waals surface area contributed by atoms with E-state index in [9.17, 15) is 4.57 Å². The predicted octanol–water partition coefficient (Wildman–Crippen LogP) is 1.96. The molecule has 0 radical (unpaired) electrons. The third-order valence-electron chi connectivity index (χ3n) is 1.43. The maximum absolute atomic E-state index is 10.3. The van der Waals surface area contributed by atoms with Gasteiger partial charge in [-0.05, 0) is 10.1 Å². The molecule has 1 aromatic rings. The summed E-state index contributed by atoms with van der Waals surface area (Å²) in [6.45, 7) is 0. The van der Waals surface area contributed by atoms with Gasteiger partial charge in [-0.2, -0.15) is 4.89 Å². The van der Waals surface area contributed by atoms with Crippen molar-refractivity contribution in [2.45, 2.75) is 6.42 Å². The van der Waals surface area contributed by atoms with Gasteiger partial charge in [0.05, 0.1) is 0 Å². The summed E-state index contributed by atoms with van der Waals surface area (Å²) < 4.78 is 10.3. The Labute approximate surface area is 107 Å². The molecule has 0 bridgehead atoms. The predicted molar refractivity (Wildman–Crippen MR) is 44.8 cm³/mol. The van der Waals surface area contributed by atoms with Crippen molar-refractivity contribution in [3.05, 3.63) is 35.9 Å². The first-order valence-electron chi connectivity index (χ1n) is 3.46. The van der Waals surface area contributed by atoms with Crippen molar-refractivity contribution in [3.8, 4) is 0 Å². The van der Waals surface area contributed by atoms with Gasteiger partial charge in [0.25, 0.3) is 0 Å². The maximum Gasteiger partial charge on any atom is 0.505 e. The quantitative estimate of drug-likeness (QED) is 0.867. The molecule has 0 saturated carbocycles. The van der Waals surface area contributed by atoms with Gasteiger partial charge >= 0.3 is 8.03 Å². The van der Waals surface area contributed by atoms with Gasteiger partial charge in [-0.1, -0.05) is 30.3 Å². The molecule has 1 atom stereocenters. The molecule has 12 heavy (non-hydrogen) atoms.